The highest BCUT2D eigenvalue weighted by Gasteiger charge is 2.10. The van der Waals surface area contributed by atoms with Crippen molar-refractivity contribution in [1.82, 2.24) is 4.98 Å². The molecule has 98 valence electrons. The van der Waals surface area contributed by atoms with Gasteiger partial charge in [0.1, 0.15) is 11.0 Å². The third-order valence-electron chi connectivity index (χ3n) is 2.34. The number of hydrogen-bond donors (Lipinski definition) is 3. The van der Waals surface area contributed by atoms with E-state index < -0.39 is 11.7 Å². The Labute approximate surface area is 113 Å². The molecule has 1 amide bonds. The largest absolute Gasteiger partial charge is 0.321 e. The van der Waals surface area contributed by atoms with Crippen molar-refractivity contribution >= 4 is 28.9 Å². The van der Waals surface area contributed by atoms with Gasteiger partial charge in [-0.15, -0.1) is 0 Å². The van der Waals surface area contributed by atoms with Gasteiger partial charge in [-0.25, -0.2) is 9.37 Å². The van der Waals surface area contributed by atoms with Gasteiger partial charge in [-0.1, -0.05) is 11.6 Å². The van der Waals surface area contributed by atoms with Crippen LogP contribution in [0, 0.1) is 5.82 Å². The van der Waals surface area contributed by atoms with Crippen LogP contribution in [-0.4, -0.2) is 16.1 Å². The lowest BCUT2D eigenvalue weighted by Crippen LogP contribution is -2.12. The van der Waals surface area contributed by atoms with E-state index in [4.69, 9.17) is 16.8 Å². The Kier molecular flexibility index (Phi) is 3.94. The molecular weight excluding hydrogens is 273 g/mol. The first-order chi connectivity index (χ1) is 9.10. The van der Waals surface area contributed by atoms with Gasteiger partial charge in [0.15, 0.2) is 0 Å². The highest BCUT2D eigenvalue weighted by Crippen LogP contribution is 2.16. The summed E-state index contributed by atoms with van der Waals surface area (Å²) in [5, 5.41) is 11.4. The van der Waals surface area contributed by atoms with Crippen LogP contribution in [0.15, 0.2) is 36.5 Å². The van der Waals surface area contributed by atoms with E-state index in [1.54, 1.807) is 11.5 Å². The Balaban J connectivity index is 2.16. The molecule has 0 atom stereocenters. The number of aromatic nitrogens is 1. The van der Waals surface area contributed by atoms with Crippen LogP contribution in [0.5, 0.6) is 0 Å². The molecule has 0 aliphatic carbocycles. The van der Waals surface area contributed by atoms with Gasteiger partial charge in [0, 0.05) is 5.56 Å². The zero-order chi connectivity index (χ0) is 13.8. The van der Waals surface area contributed by atoms with Crippen molar-refractivity contribution in [1.29, 1.82) is 0 Å². The molecule has 19 heavy (non-hydrogen) atoms. The fraction of sp³-hybridized carbons (Fsp3) is 0. The maximum absolute atomic E-state index is 13.4. The molecule has 0 spiro atoms. The minimum absolute atomic E-state index is 0.107. The molecule has 0 aliphatic heterocycles. The zero-order valence-electron chi connectivity index (χ0n) is 9.52. The third-order valence-corrected chi connectivity index (χ3v) is 2.56. The summed E-state index contributed by atoms with van der Waals surface area (Å²) in [7, 11) is 0. The van der Waals surface area contributed by atoms with Crippen molar-refractivity contribution in [2.45, 2.75) is 0 Å². The molecule has 7 heteroatoms. The van der Waals surface area contributed by atoms with Crippen LogP contribution >= 0.6 is 11.6 Å². The quantitative estimate of drug-likeness (QED) is 0.597. The van der Waals surface area contributed by atoms with Crippen LogP contribution in [-0.2, 0) is 0 Å². The number of nitrogens with zero attached hydrogens (tertiary/aromatic N) is 1. The lowest BCUT2D eigenvalue weighted by atomic mass is 10.2. The van der Waals surface area contributed by atoms with Crippen LogP contribution in [0.4, 0.5) is 15.8 Å². The van der Waals surface area contributed by atoms with Crippen LogP contribution in [0.1, 0.15) is 10.4 Å². The Morgan fingerprint density at radius 1 is 1.32 bits per heavy atom. The molecule has 3 N–H and O–H groups in total. The monoisotopic (exact) mass is 281 g/mol. The Bertz CT molecular complexity index is 604. The lowest BCUT2D eigenvalue weighted by Gasteiger charge is -2.06. The van der Waals surface area contributed by atoms with Gasteiger partial charge >= 0.3 is 0 Å². The predicted octanol–water partition coefficient (Wildman–Crippen LogP) is 2.93. The molecule has 2 rings (SSSR count). The van der Waals surface area contributed by atoms with Crippen LogP contribution in [0.3, 0.4) is 0 Å². The molecule has 1 aromatic carbocycles. The fourth-order valence-electron chi connectivity index (χ4n) is 1.40. The molecule has 0 unspecified atom stereocenters. The number of halogens is 2. The summed E-state index contributed by atoms with van der Waals surface area (Å²) < 4.78 is 13.4. The minimum atomic E-state index is -0.732. The third kappa shape index (κ3) is 3.18. The lowest BCUT2D eigenvalue weighted by molar-refractivity contribution is 0.102. The first-order valence-corrected chi connectivity index (χ1v) is 5.60. The number of carbonyl (C=O) groups excluding carboxylic acids is 1. The van der Waals surface area contributed by atoms with Crippen LogP contribution < -0.4 is 10.8 Å². The van der Waals surface area contributed by atoms with E-state index in [9.17, 15) is 9.18 Å². The van der Waals surface area contributed by atoms with E-state index in [0.29, 0.717) is 10.8 Å². The summed E-state index contributed by atoms with van der Waals surface area (Å²) in [6, 6.07) is 6.74. The molecule has 0 aliphatic rings. The molecule has 1 aromatic heterocycles. The second-order valence-corrected chi connectivity index (χ2v) is 4.02. The highest BCUT2D eigenvalue weighted by molar-refractivity contribution is 6.29. The first-order valence-electron chi connectivity index (χ1n) is 5.22. The number of pyridine rings is 1. The SMILES string of the molecule is O=C(Nc1ccc(Cl)nc1)c1ccc(NO)c(F)c1. The average molecular weight is 282 g/mol. The summed E-state index contributed by atoms with van der Waals surface area (Å²) in [6.07, 6.45) is 1.39. The highest BCUT2D eigenvalue weighted by atomic mass is 35.5. The number of nitrogens with one attached hydrogen (secondary N) is 2. The molecule has 0 bridgehead atoms. The second-order valence-electron chi connectivity index (χ2n) is 3.63. The summed E-state index contributed by atoms with van der Waals surface area (Å²) >= 11 is 5.62. The van der Waals surface area contributed by atoms with E-state index in [2.05, 4.69) is 10.3 Å². The van der Waals surface area contributed by atoms with Gasteiger partial charge in [0.2, 0.25) is 0 Å². The second kappa shape index (κ2) is 5.64. The van der Waals surface area contributed by atoms with Crippen molar-refractivity contribution in [3.63, 3.8) is 0 Å². The van der Waals surface area contributed by atoms with Gasteiger partial charge < -0.3 is 5.32 Å². The van der Waals surface area contributed by atoms with Gasteiger partial charge in [0.25, 0.3) is 5.91 Å². The number of anilines is 2. The number of hydrogen-bond acceptors (Lipinski definition) is 4. The standard InChI is InChI=1S/C12H9ClFN3O2/c13-11-4-2-8(6-15-11)16-12(18)7-1-3-10(17-19)9(14)5-7/h1-6,17,19H,(H,16,18). The molecule has 5 nitrogen and oxygen atoms in total. The molecule has 0 saturated heterocycles. The van der Waals surface area contributed by atoms with E-state index in [1.807, 2.05) is 0 Å². The van der Waals surface area contributed by atoms with E-state index in [0.717, 1.165) is 6.07 Å². The molecule has 0 saturated carbocycles. The first kappa shape index (κ1) is 13.3. The maximum Gasteiger partial charge on any atom is 0.255 e. The molecule has 0 radical (unpaired) electrons. The van der Waals surface area contributed by atoms with Crippen molar-refractivity contribution in [3.8, 4) is 0 Å². The fourth-order valence-corrected chi connectivity index (χ4v) is 1.51. The van der Waals surface area contributed by atoms with Crippen molar-refractivity contribution in [3.05, 3.63) is 53.1 Å². The Morgan fingerprint density at radius 3 is 2.68 bits per heavy atom. The Hall–Kier alpha value is -2.18. The summed E-state index contributed by atoms with van der Waals surface area (Å²) in [5.41, 5.74) is 2.14. The molecular formula is C12H9ClFN3O2. The average Bonchev–Trinajstić information content (AvgIpc) is 2.41. The van der Waals surface area contributed by atoms with Crippen LogP contribution in [0.2, 0.25) is 5.15 Å². The molecule has 2 aromatic rings. The van der Waals surface area contributed by atoms with E-state index in [1.165, 1.54) is 24.4 Å². The van der Waals surface area contributed by atoms with Crippen molar-refractivity contribution in [2.24, 2.45) is 0 Å². The van der Waals surface area contributed by atoms with Crippen molar-refractivity contribution in [2.75, 3.05) is 10.8 Å². The minimum Gasteiger partial charge on any atom is -0.321 e. The van der Waals surface area contributed by atoms with Gasteiger partial charge in [-0.2, -0.15) is 0 Å². The smallest absolute Gasteiger partial charge is 0.255 e. The maximum atomic E-state index is 13.4. The topological polar surface area (TPSA) is 74.2 Å². The molecule has 1 heterocycles. The zero-order valence-corrected chi connectivity index (χ0v) is 10.3. The number of carbonyl (C=O) groups is 1. The van der Waals surface area contributed by atoms with Crippen LogP contribution in [0.25, 0.3) is 0 Å². The normalized spacial score (nSPS) is 10.1. The number of rotatable bonds is 3. The predicted molar refractivity (Wildman–Crippen MR) is 69.0 cm³/mol. The van der Waals surface area contributed by atoms with Gasteiger partial charge in [-0.3, -0.25) is 15.5 Å². The summed E-state index contributed by atoms with van der Waals surface area (Å²) in [5.74, 6) is -1.23. The summed E-state index contributed by atoms with van der Waals surface area (Å²) in [4.78, 5) is 15.6. The summed E-state index contributed by atoms with van der Waals surface area (Å²) in [6.45, 7) is 0. The number of benzene rings is 1. The van der Waals surface area contributed by atoms with Gasteiger partial charge in [-0.05, 0) is 30.3 Å². The van der Waals surface area contributed by atoms with Gasteiger partial charge in [0.05, 0.1) is 17.6 Å². The van der Waals surface area contributed by atoms with E-state index >= 15 is 0 Å². The number of amides is 1. The Morgan fingerprint density at radius 2 is 2.11 bits per heavy atom. The van der Waals surface area contributed by atoms with E-state index in [-0.39, 0.29) is 11.3 Å². The molecule has 0 fully saturated rings. The van der Waals surface area contributed by atoms with Crippen molar-refractivity contribution < 1.29 is 14.4 Å².